The standard InChI is InChI=1S/C22H32F4O2/c1-2-3-4-5-6-7-8-9-10-11-12-13-14-15-19(27)28-22-20(25)17(23)16-18(24)21(22)26/h16H,2-15H2,1H3. The van der Waals surface area contributed by atoms with Crippen molar-refractivity contribution in [2.75, 3.05) is 0 Å². The van der Waals surface area contributed by atoms with E-state index in [1.807, 2.05) is 0 Å². The number of carbonyl (C=O) groups excluding carboxylic acids is 1. The molecule has 160 valence electrons. The molecule has 0 fully saturated rings. The number of hydrogen-bond acceptors (Lipinski definition) is 2. The summed E-state index contributed by atoms with van der Waals surface area (Å²) in [5, 5.41) is 0. The van der Waals surface area contributed by atoms with Crippen molar-refractivity contribution < 1.29 is 27.1 Å². The van der Waals surface area contributed by atoms with Crippen LogP contribution in [-0.2, 0) is 4.79 Å². The second kappa shape index (κ2) is 14.4. The van der Waals surface area contributed by atoms with Crippen molar-refractivity contribution in [3.05, 3.63) is 29.3 Å². The van der Waals surface area contributed by atoms with Crippen LogP contribution in [0.2, 0.25) is 0 Å². The SMILES string of the molecule is CCCCCCCCCCCCCCCC(=O)Oc1c(F)c(F)cc(F)c1F. The Balaban J connectivity index is 2.06. The number of hydrogen-bond donors (Lipinski definition) is 0. The summed E-state index contributed by atoms with van der Waals surface area (Å²) in [6.45, 7) is 2.22. The Bertz CT molecular complexity index is 564. The van der Waals surface area contributed by atoms with Gasteiger partial charge in [0.2, 0.25) is 17.4 Å². The first-order valence-electron chi connectivity index (χ1n) is 10.5. The molecule has 28 heavy (non-hydrogen) atoms. The van der Waals surface area contributed by atoms with E-state index in [4.69, 9.17) is 0 Å². The zero-order chi connectivity index (χ0) is 20.8. The van der Waals surface area contributed by atoms with Crippen LogP contribution in [0.25, 0.3) is 0 Å². The lowest BCUT2D eigenvalue weighted by Crippen LogP contribution is -2.11. The van der Waals surface area contributed by atoms with Crippen molar-refractivity contribution in [3.8, 4) is 5.75 Å². The molecule has 0 unspecified atom stereocenters. The first-order valence-corrected chi connectivity index (χ1v) is 10.5. The van der Waals surface area contributed by atoms with Gasteiger partial charge in [0.05, 0.1) is 0 Å². The number of rotatable bonds is 15. The minimum Gasteiger partial charge on any atom is -0.420 e. The number of ether oxygens (including phenoxy) is 1. The van der Waals surface area contributed by atoms with Gasteiger partial charge in [-0.05, 0) is 6.42 Å². The number of unbranched alkanes of at least 4 members (excludes halogenated alkanes) is 12. The fraction of sp³-hybridized carbons (Fsp3) is 0.682. The van der Waals surface area contributed by atoms with Gasteiger partial charge in [-0.15, -0.1) is 0 Å². The van der Waals surface area contributed by atoms with E-state index in [1.165, 1.54) is 57.8 Å². The Labute approximate surface area is 165 Å². The summed E-state index contributed by atoms with van der Waals surface area (Å²) >= 11 is 0. The third-order valence-electron chi connectivity index (χ3n) is 4.77. The molecule has 0 N–H and O–H groups in total. The molecular formula is C22H32F4O2. The fourth-order valence-corrected chi connectivity index (χ4v) is 3.09. The summed E-state index contributed by atoms with van der Waals surface area (Å²) in [4.78, 5) is 11.6. The highest BCUT2D eigenvalue weighted by Gasteiger charge is 2.22. The van der Waals surface area contributed by atoms with Crippen molar-refractivity contribution >= 4 is 5.97 Å². The van der Waals surface area contributed by atoms with Crippen LogP contribution >= 0.6 is 0 Å². The smallest absolute Gasteiger partial charge is 0.311 e. The lowest BCUT2D eigenvalue weighted by atomic mass is 10.0. The molecule has 0 saturated heterocycles. The molecule has 1 aromatic carbocycles. The molecule has 0 aliphatic carbocycles. The summed E-state index contributed by atoms with van der Waals surface area (Å²) in [6, 6.07) is 0.0778. The molecule has 0 radical (unpaired) electrons. The minimum absolute atomic E-state index is 0.0469. The van der Waals surface area contributed by atoms with Crippen LogP contribution in [0.5, 0.6) is 5.75 Å². The average molecular weight is 404 g/mol. The van der Waals surface area contributed by atoms with Crippen LogP contribution in [0.1, 0.15) is 96.8 Å². The van der Waals surface area contributed by atoms with Crippen molar-refractivity contribution in [1.29, 1.82) is 0 Å². The van der Waals surface area contributed by atoms with Gasteiger partial charge < -0.3 is 4.74 Å². The highest BCUT2D eigenvalue weighted by Crippen LogP contribution is 2.27. The van der Waals surface area contributed by atoms with Crippen molar-refractivity contribution in [1.82, 2.24) is 0 Å². The fourth-order valence-electron chi connectivity index (χ4n) is 3.09. The van der Waals surface area contributed by atoms with Crippen molar-refractivity contribution in [2.45, 2.75) is 96.8 Å². The van der Waals surface area contributed by atoms with Gasteiger partial charge in [0.1, 0.15) is 0 Å². The van der Waals surface area contributed by atoms with Gasteiger partial charge in [-0.2, -0.15) is 8.78 Å². The highest BCUT2D eigenvalue weighted by atomic mass is 19.2. The Hall–Kier alpha value is -1.59. The predicted octanol–water partition coefficient (Wildman–Crippen LogP) is 7.63. The summed E-state index contributed by atoms with van der Waals surface area (Å²) in [5.41, 5.74) is 0. The molecule has 0 atom stereocenters. The Morgan fingerprint density at radius 2 is 1.11 bits per heavy atom. The first-order chi connectivity index (χ1) is 13.5. The van der Waals surface area contributed by atoms with Crippen LogP contribution in [0.15, 0.2) is 6.07 Å². The highest BCUT2D eigenvalue weighted by molar-refractivity contribution is 5.72. The number of esters is 1. The quantitative estimate of drug-likeness (QED) is 0.0987. The van der Waals surface area contributed by atoms with Crippen LogP contribution in [0.4, 0.5) is 17.6 Å². The molecule has 0 saturated carbocycles. The van der Waals surface area contributed by atoms with E-state index in [9.17, 15) is 22.4 Å². The van der Waals surface area contributed by atoms with E-state index in [0.29, 0.717) is 6.42 Å². The topological polar surface area (TPSA) is 26.3 Å². The van der Waals surface area contributed by atoms with Crippen LogP contribution < -0.4 is 4.74 Å². The van der Waals surface area contributed by atoms with Crippen LogP contribution in [0, 0.1) is 23.3 Å². The van der Waals surface area contributed by atoms with E-state index in [-0.39, 0.29) is 12.5 Å². The van der Waals surface area contributed by atoms with Gasteiger partial charge in [0.15, 0.2) is 11.6 Å². The van der Waals surface area contributed by atoms with Gasteiger partial charge in [0.25, 0.3) is 0 Å². The normalized spacial score (nSPS) is 11.0. The van der Waals surface area contributed by atoms with Gasteiger partial charge in [-0.25, -0.2) is 8.78 Å². The van der Waals surface area contributed by atoms with E-state index in [0.717, 1.165) is 19.3 Å². The number of halogens is 4. The van der Waals surface area contributed by atoms with E-state index < -0.39 is 35.0 Å². The predicted molar refractivity (Wildman–Crippen MR) is 102 cm³/mol. The Morgan fingerprint density at radius 1 is 0.714 bits per heavy atom. The Morgan fingerprint density at radius 3 is 1.54 bits per heavy atom. The molecule has 0 amide bonds. The first kappa shape index (κ1) is 24.4. The molecule has 0 aliphatic rings. The number of benzene rings is 1. The summed E-state index contributed by atoms with van der Waals surface area (Å²) in [7, 11) is 0. The average Bonchev–Trinajstić information content (AvgIpc) is 2.67. The Kier molecular flexibility index (Phi) is 12.6. The van der Waals surface area contributed by atoms with Gasteiger partial charge >= 0.3 is 5.97 Å². The third kappa shape index (κ3) is 9.56. The maximum Gasteiger partial charge on any atom is 0.311 e. The molecule has 0 aromatic heterocycles. The van der Waals surface area contributed by atoms with Gasteiger partial charge in [-0.1, -0.05) is 84.0 Å². The van der Waals surface area contributed by atoms with Crippen molar-refractivity contribution in [2.24, 2.45) is 0 Å². The lowest BCUT2D eigenvalue weighted by Gasteiger charge is -2.08. The van der Waals surface area contributed by atoms with Gasteiger partial charge in [0, 0.05) is 12.5 Å². The minimum atomic E-state index is -1.70. The van der Waals surface area contributed by atoms with E-state index in [1.54, 1.807) is 0 Å². The van der Waals surface area contributed by atoms with E-state index >= 15 is 0 Å². The monoisotopic (exact) mass is 404 g/mol. The molecule has 0 spiro atoms. The zero-order valence-electron chi connectivity index (χ0n) is 16.8. The molecule has 2 nitrogen and oxygen atoms in total. The zero-order valence-corrected chi connectivity index (χ0v) is 16.8. The van der Waals surface area contributed by atoms with E-state index in [2.05, 4.69) is 11.7 Å². The largest absolute Gasteiger partial charge is 0.420 e. The third-order valence-corrected chi connectivity index (χ3v) is 4.77. The second-order valence-electron chi connectivity index (χ2n) is 7.26. The van der Waals surface area contributed by atoms with Gasteiger partial charge in [-0.3, -0.25) is 4.79 Å². The molecule has 6 heteroatoms. The molecule has 0 bridgehead atoms. The summed E-state index contributed by atoms with van der Waals surface area (Å²) in [6.07, 6.45) is 14.9. The molecule has 1 rings (SSSR count). The number of carbonyl (C=O) groups is 1. The summed E-state index contributed by atoms with van der Waals surface area (Å²) in [5.74, 6) is -8.79. The van der Waals surface area contributed by atoms with Crippen LogP contribution in [-0.4, -0.2) is 5.97 Å². The lowest BCUT2D eigenvalue weighted by molar-refractivity contribution is -0.135. The van der Waals surface area contributed by atoms with Crippen LogP contribution in [0.3, 0.4) is 0 Å². The van der Waals surface area contributed by atoms with Crippen molar-refractivity contribution in [3.63, 3.8) is 0 Å². The molecule has 0 aliphatic heterocycles. The maximum atomic E-state index is 13.4. The molecule has 1 aromatic rings. The second-order valence-corrected chi connectivity index (χ2v) is 7.26. The molecular weight excluding hydrogens is 372 g/mol. The maximum absolute atomic E-state index is 13.4. The molecule has 0 heterocycles. The summed E-state index contributed by atoms with van der Waals surface area (Å²) < 4.78 is 57.5.